The fourth-order valence-corrected chi connectivity index (χ4v) is 2.76. The molecule has 2 nitrogen and oxygen atoms in total. The van der Waals surface area contributed by atoms with Crippen molar-refractivity contribution in [2.45, 2.75) is 17.8 Å². The van der Waals surface area contributed by atoms with Crippen LogP contribution in [-0.2, 0) is 0 Å². The van der Waals surface area contributed by atoms with Crippen molar-refractivity contribution in [3.05, 3.63) is 69.0 Å². The number of rotatable bonds is 4. The molecule has 2 aromatic carbocycles. The Morgan fingerprint density at radius 1 is 0.556 bits per heavy atom. The van der Waals surface area contributed by atoms with E-state index in [1.165, 1.54) is 24.3 Å². The fourth-order valence-electron chi connectivity index (χ4n) is 2.23. The van der Waals surface area contributed by atoms with Crippen LogP contribution in [0.2, 0.25) is 0 Å². The summed E-state index contributed by atoms with van der Waals surface area (Å²) < 4.78 is 94.8. The predicted molar refractivity (Wildman–Crippen MR) is 91.4 cm³/mol. The zero-order valence-corrected chi connectivity index (χ0v) is 16.1. The summed E-state index contributed by atoms with van der Waals surface area (Å²) in [4.78, 5) is 0. The maximum Gasteiger partial charge on any atom is 0.387 e. The molecule has 0 spiro atoms. The molecule has 0 bridgehead atoms. The van der Waals surface area contributed by atoms with Gasteiger partial charge < -0.3 is 9.47 Å². The van der Waals surface area contributed by atoms with Gasteiger partial charge in [-0.2, -0.15) is 26.3 Å². The Morgan fingerprint density at radius 3 is 1.15 bits per heavy atom. The van der Waals surface area contributed by atoms with Gasteiger partial charge in [-0.25, -0.2) is 0 Å². The first kappa shape index (κ1) is 20.1. The van der Waals surface area contributed by atoms with Crippen molar-refractivity contribution in [2.75, 3.05) is 0 Å². The highest BCUT2D eigenvalue weighted by Crippen LogP contribution is 2.59. The quantitative estimate of drug-likeness (QED) is 0.415. The smallest absolute Gasteiger partial charge is 0.387 e. The van der Waals surface area contributed by atoms with Crippen molar-refractivity contribution in [1.29, 1.82) is 0 Å². The number of alkyl halides is 6. The van der Waals surface area contributed by atoms with Gasteiger partial charge in [0, 0.05) is 8.95 Å². The summed E-state index contributed by atoms with van der Waals surface area (Å²) in [7, 11) is 0. The highest BCUT2D eigenvalue weighted by molar-refractivity contribution is 9.10. The maximum atomic E-state index is 14.2. The average molecular weight is 518 g/mol. The number of allylic oxidation sites excluding steroid dienone is 2. The Hall–Kier alpha value is -1.68. The SMILES string of the molecule is FC1(F)C(Oc2ccc(Br)cc2)=C(Oc2ccc(Br)cc2)C(F)(F)C1(F)F. The topological polar surface area (TPSA) is 18.5 Å². The van der Waals surface area contributed by atoms with Gasteiger partial charge in [-0.05, 0) is 48.5 Å². The summed E-state index contributed by atoms with van der Waals surface area (Å²) >= 11 is 6.19. The van der Waals surface area contributed by atoms with Gasteiger partial charge in [0.1, 0.15) is 11.5 Å². The van der Waals surface area contributed by atoms with Crippen LogP contribution in [0.4, 0.5) is 26.3 Å². The highest BCUT2D eigenvalue weighted by Gasteiger charge is 2.83. The van der Waals surface area contributed by atoms with Crippen LogP contribution in [0.3, 0.4) is 0 Å². The molecule has 0 saturated carbocycles. The molecule has 1 aliphatic rings. The third-order valence-electron chi connectivity index (χ3n) is 3.63. The molecular formula is C17H8Br2F6O2. The van der Waals surface area contributed by atoms with Crippen LogP contribution in [0, 0.1) is 0 Å². The van der Waals surface area contributed by atoms with Crippen LogP contribution in [0.25, 0.3) is 0 Å². The van der Waals surface area contributed by atoms with E-state index in [4.69, 9.17) is 9.47 Å². The van der Waals surface area contributed by atoms with E-state index in [0.29, 0.717) is 8.95 Å². The molecule has 3 rings (SSSR count). The van der Waals surface area contributed by atoms with Gasteiger partial charge in [0.2, 0.25) is 11.5 Å². The van der Waals surface area contributed by atoms with E-state index in [1.54, 1.807) is 0 Å². The lowest BCUT2D eigenvalue weighted by molar-refractivity contribution is -0.273. The number of hydrogen-bond acceptors (Lipinski definition) is 2. The average Bonchev–Trinajstić information content (AvgIpc) is 2.69. The molecule has 0 atom stereocenters. The van der Waals surface area contributed by atoms with Crippen molar-refractivity contribution in [3.8, 4) is 11.5 Å². The largest absolute Gasteiger partial charge is 0.451 e. The minimum absolute atomic E-state index is 0.335. The van der Waals surface area contributed by atoms with Gasteiger partial charge in [-0.1, -0.05) is 31.9 Å². The lowest BCUT2D eigenvalue weighted by Gasteiger charge is -2.24. The zero-order chi connectivity index (χ0) is 20.0. The standard InChI is InChI=1S/C17H8Br2F6O2/c18-9-1-5-11(6-2-9)26-13-14(27-12-7-3-10(19)4-8-12)16(22,23)17(24,25)15(13,20)21/h1-8H. The zero-order valence-electron chi connectivity index (χ0n) is 13.0. The highest BCUT2D eigenvalue weighted by atomic mass is 79.9. The summed E-state index contributed by atoms with van der Waals surface area (Å²) in [5, 5.41) is 0. The number of benzene rings is 2. The van der Waals surface area contributed by atoms with E-state index in [0.717, 1.165) is 24.3 Å². The Bertz CT molecular complexity index is 808. The summed E-state index contributed by atoms with van der Waals surface area (Å²) in [6.45, 7) is 0. The normalized spacial score (nSPS) is 19.9. The lowest BCUT2D eigenvalue weighted by atomic mass is 10.1. The third kappa shape index (κ3) is 3.33. The van der Waals surface area contributed by atoms with Gasteiger partial charge in [-0.15, -0.1) is 0 Å². The molecule has 0 aromatic heterocycles. The van der Waals surface area contributed by atoms with Crippen molar-refractivity contribution in [3.63, 3.8) is 0 Å². The molecular weight excluding hydrogens is 510 g/mol. The van der Waals surface area contributed by atoms with E-state index >= 15 is 0 Å². The van der Waals surface area contributed by atoms with Crippen LogP contribution in [0.15, 0.2) is 69.0 Å². The molecule has 0 fully saturated rings. The third-order valence-corrected chi connectivity index (χ3v) is 4.69. The minimum Gasteiger partial charge on any atom is -0.451 e. The molecule has 0 N–H and O–H groups in total. The molecule has 10 heteroatoms. The van der Waals surface area contributed by atoms with Crippen molar-refractivity contribution in [1.82, 2.24) is 0 Å². The molecule has 2 aromatic rings. The summed E-state index contributed by atoms with van der Waals surface area (Å²) in [6, 6.07) is 10.1. The van der Waals surface area contributed by atoms with Crippen molar-refractivity contribution >= 4 is 31.9 Å². The second-order valence-electron chi connectivity index (χ2n) is 5.49. The Morgan fingerprint density at radius 2 is 0.852 bits per heavy atom. The van der Waals surface area contributed by atoms with Crippen LogP contribution in [0.1, 0.15) is 0 Å². The van der Waals surface area contributed by atoms with Crippen molar-refractivity contribution in [2.24, 2.45) is 0 Å². The fraction of sp³-hybridized carbons (Fsp3) is 0.176. The summed E-state index contributed by atoms with van der Waals surface area (Å²) in [5.41, 5.74) is 0. The second kappa shape index (κ2) is 6.73. The van der Waals surface area contributed by atoms with Gasteiger partial charge in [-0.3, -0.25) is 0 Å². The van der Waals surface area contributed by atoms with Gasteiger partial charge in [0.15, 0.2) is 0 Å². The Kier molecular flexibility index (Phi) is 5.00. The van der Waals surface area contributed by atoms with E-state index in [-0.39, 0.29) is 11.5 Å². The molecule has 0 aliphatic heterocycles. The Balaban J connectivity index is 2.09. The summed E-state index contributed by atoms with van der Waals surface area (Å²) in [5.74, 6) is -20.8. The van der Waals surface area contributed by atoms with E-state index < -0.39 is 29.3 Å². The van der Waals surface area contributed by atoms with E-state index in [9.17, 15) is 26.3 Å². The van der Waals surface area contributed by atoms with Crippen LogP contribution in [0.5, 0.6) is 11.5 Å². The minimum atomic E-state index is -5.73. The van der Waals surface area contributed by atoms with Gasteiger partial charge >= 0.3 is 17.8 Å². The monoisotopic (exact) mass is 516 g/mol. The Labute approximate surface area is 166 Å². The van der Waals surface area contributed by atoms with Crippen LogP contribution >= 0.6 is 31.9 Å². The molecule has 0 unspecified atom stereocenters. The molecule has 0 heterocycles. The van der Waals surface area contributed by atoms with Crippen LogP contribution < -0.4 is 9.47 Å². The van der Waals surface area contributed by atoms with Crippen LogP contribution in [-0.4, -0.2) is 17.8 Å². The molecule has 27 heavy (non-hydrogen) atoms. The molecule has 0 radical (unpaired) electrons. The molecule has 0 amide bonds. The number of hydrogen-bond donors (Lipinski definition) is 0. The maximum absolute atomic E-state index is 14.2. The summed E-state index contributed by atoms with van der Waals surface area (Å²) in [6.07, 6.45) is 0. The van der Waals surface area contributed by atoms with Gasteiger partial charge in [0.05, 0.1) is 0 Å². The van der Waals surface area contributed by atoms with Crippen molar-refractivity contribution < 1.29 is 35.8 Å². The molecule has 144 valence electrons. The first-order chi connectivity index (χ1) is 12.5. The van der Waals surface area contributed by atoms with E-state index in [2.05, 4.69) is 31.9 Å². The lowest BCUT2D eigenvalue weighted by Crippen LogP contribution is -2.50. The first-order valence-electron chi connectivity index (χ1n) is 7.22. The van der Waals surface area contributed by atoms with E-state index in [1.807, 2.05) is 0 Å². The number of halogens is 8. The predicted octanol–water partition coefficient (Wildman–Crippen LogP) is 6.80. The van der Waals surface area contributed by atoms with Gasteiger partial charge in [0.25, 0.3) is 0 Å². The number of ether oxygens (including phenoxy) is 2. The molecule has 1 aliphatic carbocycles. The second-order valence-corrected chi connectivity index (χ2v) is 7.32. The molecule has 0 saturated heterocycles. The first-order valence-corrected chi connectivity index (χ1v) is 8.81.